The standard InChI is InChI=1S/C12H21N3OS/c1-10-11(17-9-14-10)3-6-15(2)8-12(16)4-5-13-7-12/h9,13,16H,3-8H2,1-2H3/t12-/m0/s1. The third-order valence-electron chi connectivity index (χ3n) is 3.35. The van der Waals surface area contributed by atoms with Crippen LogP contribution in [0.1, 0.15) is 17.0 Å². The first-order chi connectivity index (χ1) is 8.09. The van der Waals surface area contributed by atoms with E-state index in [-0.39, 0.29) is 0 Å². The first-order valence-electron chi connectivity index (χ1n) is 6.10. The maximum absolute atomic E-state index is 10.3. The van der Waals surface area contributed by atoms with Crippen LogP contribution < -0.4 is 5.32 Å². The molecule has 0 aliphatic carbocycles. The van der Waals surface area contributed by atoms with Crippen molar-refractivity contribution in [2.45, 2.75) is 25.4 Å². The van der Waals surface area contributed by atoms with Gasteiger partial charge in [-0.1, -0.05) is 0 Å². The molecule has 2 N–H and O–H groups in total. The van der Waals surface area contributed by atoms with E-state index in [0.717, 1.165) is 44.7 Å². The smallest absolute Gasteiger partial charge is 0.0909 e. The summed E-state index contributed by atoms with van der Waals surface area (Å²) in [5, 5.41) is 13.5. The maximum Gasteiger partial charge on any atom is 0.0909 e. The van der Waals surface area contributed by atoms with Crippen molar-refractivity contribution >= 4 is 11.3 Å². The van der Waals surface area contributed by atoms with Gasteiger partial charge in [0.2, 0.25) is 0 Å². The van der Waals surface area contributed by atoms with Crippen LogP contribution in [0.3, 0.4) is 0 Å². The topological polar surface area (TPSA) is 48.4 Å². The summed E-state index contributed by atoms with van der Waals surface area (Å²) in [5.74, 6) is 0. The molecule has 0 spiro atoms. The van der Waals surface area contributed by atoms with Gasteiger partial charge in [-0.15, -0.1) is 11.3 Å². The molecular formula is C12H21N3OS. The van der Waals surface area contributed by atoms with Crippen molar-refractivity contribution < 1.29 is 5.11 Å². The average Bonchev–Trinajstić information content (AvgIpc) is 2.85. The molecule has 1 fully saturated rings. The number of thiazole rings is 1. The quantitative estimate of drug-likeness (QED) is 0.811. The second kappa shape index (κ2) is 5.44. The number of rotatable bonds is 5. The van der Waals surface area contributed by atoms with Crippen LogP contribution in [0.2, 0.25) is 0 Å². The number of hydrogen-bond donors (Lipinski definition) is 2. The molecule has 4 nitrogen and oxygen atoms in total. The van der Waals surface area contributed by atoms with Gasteiger partial charge >= 0.3 is 0 Å². The fourth-order valence-corrected chi connectivity index (χ4v) is 3.08. The minimum Gasteiger partial charge on any atom is -0.387 e. The largest absolute Gasteiger partial charge is 0.387 e. The van der Waals surface area contributed by atoms with Gasteiger partial charge in [-0.25, -0.2) is 4.98 Å². The van der Waals surface area contributed by atoms with Crippen molar-refractivity contribution in [3.05, 3.63) is 16.1 Å². The number of aryl methyl sites for hydroxylation is 1. The summed E-state index contributed by atoms with van der Waals surface area (Å²) in [6.07, 6.45) is 1.88. The van der Waals surface area contributed by atoms with Crippen molar-refractivity contribution in [3.63, 3.8) is 0 Å². The zero-order valence-corrected chi connectivity index (χ0v) is 11.4. The molecule has 1 aliphatic rings. The average molecular weight is 255 g/mol. The summed E-state index contributed by atoms with van der Waals surface area (Å²) in [5.41, 5.74) is 2.51. The van der Waals surface area contributed by atoms with E-state index in [1.54, 1.807) is 11.3 Å². The maximum atomic E-state index is 10.3. The van der Waals surface area contributed by atoms with E-state index in [1.807, 2.05) is 5.51 Å². The third-order valence-corrected chi connectivity index (χ3v) is 4.35. The highest BCUT2D eigenvalue weighted by atomic mass is 32.1. The Balaban J connectivity index is 1.78. The first kappa shape index (κ1) is 13.0. The van der Waals surface area contributed by atoms with Crippen molar-refractivity contribution in [3.8, 4) is 0 Å². The monoisotopic (exact) mass is 255 g/mol. The second-order valence-corrected chi connectivity index (χ2v) is 5.94. The molecule has 0 saturated carbocycles. The zero-order chi connectivity index (χ0) is 12.3. The first-order valence-corrected chi connectivity index (χ1v) is 6.98. The van der Waals surface area contributed by atoms with E-state index >= 15 is 0 Å². The Hall–Kier alpha value is -0.490. The van der Waals surface area contributed by atoms with Gasteiger partial charge in [0.25, 0.3) is 0 Å². The molecule has 0 bridgehead atoms. The molecule has 1 aliphatic heterocycles. The van der Waals surface area contributed by atoms with Crippen LogP contribution in [0, 0.1) is 6.92 Å². The van der Waals surface area contributed by atoms with Crippen LogP contribution in [0.4, 0.5) is 0 Å². The lowest BCUT2D eigenvalue weighted by Gasteiger charge is -2.27. The minimum atomic E-state index is -0.530. The molecule has 2 heterocycles. The Kier molecular flexibility index (Phi) is 4.14. The Morgan fingerprint density at radius 3 is 3.06 bits per heavy atom. The van der Waals surface area contributed by atoms with E-state index in [1.165, 1.54) is 4.88 Å². The lowest BCUT2D eigenvalue weighted by atomic mass is 10.0. The van der Waals surface area contributed by atoms with Gasteiger partial charge in [-0.05, 0) is 33.4 Å². The normalized spacial score (nSPS) is 24.7. The molecule has 5 heteroatoms. The minimum absolute atomic E-state index is 0.530. The molecule has 1 atom stereocenters. The van der Waals surface area contributed by atoms with E-state index in [4.69, 9.17) is 0 Å². The molecule has 96 valence electrons. The van der Waals surface area contributed by atoms with Gasteiger partial charge in [0.15, 0.2) is 0 Å². The van der Waals surface area contributed by atoms with Crippen LogP contribution in [-0.2, 0) is 6.42 Å². The number of likely N-dealkylation sites (N-methyl/N-ethyl adjacent to an activating group) is 1. The lowest BCUT2D eigenvalue weighted by molar-refractivity contribution is 0.0287. The number of nitrogens with one attached hydrogen (secondary N) is 1. The number of hydrogen-bond acceptors (Lipinski definition) is 5. The van der Waals surface area contributed by atoms with Crippen molar-refractivity contribution in [2.24, 2.45) is 0 Å². The van der Waals surface area contributed by atoms with Crippen LogP contribution in [0.25, 0.3) is 0 Å². The zero-order valence-electron chi connectivity index (χ0n) is 10.6. The highest BCUT2D eigenvalue weighted by Gasteiger charge is 2.31. The molecule has 17 heavy (non-hydrogen) atoms. The highest BCUT2D eigenvalue weighted by Crippen LogP contribution is 2.17. The predicted octanol–water partition coefficient (Wildman–Crippen LogP) is 0.650. The summed E-state index contributed by atoms with van der Waals surface area (Å²) in [4.78, 5) is 7.82. The SMILES string of the molecule is Cc1ncsc1CCN(C)C[C@]1(O)CCNC1. The number of aromatic nitrogens is 1. The Bertz CT molecular complexity index is 360. The van der Waals surface area contributed by atoms with Crippen molar-refractivity contribution in [1.29, 1.82) is 0 Å². The fraction of sp³-hybridized carbons (Fsp3) is 0.750. The summed E-state index contributed by atoms with van der Waals surface area (Å²) in [7, 11) is 2.08. The van der Waals surface area contributed by atoms with Crippen molar-refractivity contribution in [2.75, 3.05) is 33.2 Å². The summed E-state index contributed by atoms with van der Waals surface area (Å²) < 4.78 is 0. The van der Waals surface area contributed by atoms with Gasteiger partial charge in [0.05, 0.1) is 16.8 Å². The van der Waals surface area contributed by atoms with Crippen LogP contribution in [-0.4, -0.2) is 53.8 Å². The van der Waals surface area contributed by atoms with Gasteiger partial charge in [0.1, 0.15) is 0 Å². The van der Waals surface area contributed by atoms with E-state index < -0.39 is 5.60 Å². The van der Waals surface area contributed by atoms with Gasteiger partial charge in [0, 0.05) is 24.5 Å². The van der Waals surface area contributed by atoms with Gasteiger partial charge in [-0.3, -0.25) is 0 Å². The summed E-state index contributed by atoms with van der Waals surface area (Å²) in [6, 6.07) is 0. The molecule has 1 aromatic rings. The number of β-amino-alcohol motifs (C(OH)–C–C–N with tert-alkyl or cyclic N) is 1. The van der Waals surface area contributed by atoms with Gasteiger partial charge < -0.3 is 15.3 Å². The Morgan fingerprint density at radius 1 is 1.65 bits per heavy atom. The molecule has 1 aromatic heterocycles. The van der Waals surface area contributed by atoms with Crippen LogP contribution in [0.5, 0.6) is 0 Å². The fourth-order valence-electron chi connectivity index (χ4n) is 2.31. The molecule has 0 unspecified atom stereocenters. The van der Waals surface area contributed by atoms with Crippen molar-refractivity contribution in [1.82, 2.24) is 15.2 Å². The second-order valence-electron chi connectivity index (χ2n) is 5.00. The molecule has 0 aromatic carbocycles. The number of aliphatic hydroxyl groups is 1. The van der Waals surface area contributed by atoms with E-state index in [9.17, 15) is 5.11 Å². The lowest BCUT2D eigenvalue weighted by Crippen LogP contribution is -2.43. The van der Waals surface area contributed by atoms with Crippen LogP contribution >= 0.6 is 11.3 Å². The molecule has 1 saturated heterocycles. The highest BCUT2D eigenvalue weighted by molar-refractivity contribution is 7.09. The van der Waals surface area contributed by atoms with E-state index in [0.29, 0.717) is 0 Å². The molecular weight excluding hydrogens is 234 g/mol. The number of nitrogens with zero attached hydrogens (tertiary/aromatic N) is 2. The van der Waals surface area contributed by atoms with E-state index in [2.05, 4.69) is 29.2 Å². The Labute approximate surface area is 107 Å². The molecule has 2 rings (SSSR count). The third kappa shape index (κ3) is 3.48. The Morgan fingerprint density at radius 2 is 2.47 bits per heavy atom. The summed E-state index contributed by atoms with van der Waals surface area (Å²) in [6.45, 7) is 5.43. The predicted molar refractivity (Wildman–Crippen MR) is 70.5 cm³/mol. The van der Waals surface area contributed by atoms with Crippen LogP contribution in [0.15, 0.2) is 5.51 Å². The van der Waals surface area contributed by atoms with Gasteiger partial charge in [-0.2, -0.15) is 0 Å². The summed E-state index contributed by atoms with van der Waals surface area (Å²) >= 11 is 1.72. The molecule has 0 radical (unpaired) electrons. The molecule has 0 amide bonds.